The number of nitrogens with zero attached hydrogens (tertiary/aromatic N) is 3. The Kier molecular flexibility index (Phi) is 5.14. The van der Waals surface area contributed by atoms with Crippen LogP contribution in [0.5, 0.6) is 0 Å². The Hall–Kier alpha value is -1.40. The number of nitrogen functional groups attached to an aromatic ring is 1. The number of morpholine rings is 1. The lowest BCUT2D eigenvalue weighted by atomic mass is 10.2. The summed E-state index contributed by atoms with van der Waals surface area (Å²) in [7, 11) is 0. The van der Waals surface area contributed by atoms with Crippen molar-refractivity contribution in [2.75, 3.05) is 30.0 Å². The van der Waals surface area contributed by atoms with Crippen molar-refractivity contribution >= 4 is 11.6 Å². The Balaban J connectivity index is 2.31. The molecule has 2 rings (SSSR count). The summed E-state index contributed by atoms with van der Waals surface area (Å²) in [5.41, 5.74) is 3.69. The number of anilines is 2. The number of rotatable bonds is 5. The molecule has 112 valence electrons. The Morgan fingerprint density at radius 1 is 1.40 bits per heavy atom. The minimum absolute atomic E-state index is 0.280. The molecule has 1 unspecified atom stereocenters. The average molecular weight is 279 g/mol. The van der Waals surface area contributed by atoms with Gasteiger partial charge in [-0.05, 0) is 19.8 Å². The molecule has 20 heavy (non-hydrogen) atoms. The van der Waals surface area contributed by atoms with Crippen LogP contribution in [0.2, 0.25) is 0 Å². The van der Waals surface area contributed by atoms with Crippen LogP contribution in [0, 0.1) is 6.92 Å². The van der Waals surface area contributed by atoms with Gasteiger partial charge in [-0.2, -0.15) is 0 Å². The monoisotopic (exact) mass is 279 g/mol. The molecule has 1 saturated heterocycles. The number of hydrazine groups is 1. The minimum atomic E-state index is 0.280. The highest BCUT2D eigenvalue weighted by Crippen LogP contribution is 2.25. The highest BCUT2D eigenvalue weighted by molar-refractivity contribution is 5.58. The second-order valence-corrected chi connectivity index (χ2v) is 5.18. The maximum Gasteiger partial charge on any atom is 0.148 e. The smallest absolute Gasteiger partial charge is 0.148 e. The summed E-state index contributed by atoms with van der Waals surface area (Å²) in [6, 6.07) is 0. The number of aryl methyl sites for hydroxylation is 1. The van der Waals surface area contributed by atoms with Crippen molar-refractivity contribution < 1.29 is 4.74 Å². The maximum atomic E-state index is 5.73. The van der Waals surface area contributed by atoms with Crippen molar-refractivity contribution in [2.24, 2.45) is 5.84 Å². The molecule has 1 aliphatic heterocycles. The molecule has 0 bridgehead atoms. The van der Waals surface area contributed by atoms with E-state index in [0.29, 0.717) is 0 Å². The van der Waals surface area contributed by atoms with Crippen LogP contribution >= 0.6 is 0 Å². The van der Waals surface area contributed by atoms with Crippen LogP contribution in [0.1, 0.15) is 38.1 Å². The van der Waals surface area contributed by atoms with Crippen molar-refractivity contribution in [1.82, 2.24) is 9.97 Å². The van der Waals surface area contributed by atoms with Crippen molar-refractivity contribution in [3.05, 3.63) is 11.4 Å². The third-order valence-electron chi connectivity index (χ3n) is 3.67. The van der Waals surface area contributed by atoms with Gasteiger partial charge in [-0.25, -0.2) is 15.8 Å². The van der Waals surface area contributed by atoms with Crippen LogP contribution in [0.3, 0.4) is 0 Å². The average Bonchev–Trinajstić information content (AvgIpc) is 2.49. The second kappa shape index (κ2) is 6.85. The van der Waals surface area contributed by atoms with Crippen LogP contribution in [0.25, 0.3) is 0 Å². The van der Waals surface area contributed by atoms with Gasteiger partial charge in [0.05, 0.1) is 12.7 Å². The summed E-state index contributed by atoms with van der Waals surface area (Å²) >= 11 is 0. The highest BCUT2D eigenvalue weighted by Gasteiger charge is 2.23. The van der Waals surface area contributed by atoms with E-state index in [2.05, 4.69) is 29.2 Å². The molecule has 0 aromatic carbocycles. The van der Waals surface area contributed by atoms with Gasteiger partial charge in [0.15, 0.2) is 0 Å². The first-order valence-electron chi connectivity index (χ1n) is 7.40. The number of hydrogen-bond acceptors (Lipinski definition) is 6. The first kappa shape index (κ1) is 15.0. The number of hydrogen-bond donors (Lipinski definition) is 2. The van der Waals surface area contributed by atoms with E-state index in [1.165, 1.54) is 0 Å². The second-order valence-electron chi connectivity index (χ2n) is 5.18. The normalized spacial score (nSPS) is 19.2. The van der Waals surface area contributed by atoms with Crippen molar-refractivity contribution in [3.63, 3.8) is 0 Å². The predicted molar refractivity (Wildman–Crippen MR) is 80.8 cm³/mol. The summed E-state index contributed by atoms with van der Waals surface area (Å²) in [6.45, 7) is 8.78. The quantitative estimate of drug-likeness (QED) is 0.630. The first-order chi connectivity index (χ1) is 9.69. The SMILES string of the molecule is CCCc1nc(NN)c(C)c(N2CCOC(CC)C2)n1. The summed E-state index contributed by atoms with van der Waals surface area (Å²) in [5, 5.41) is 0. The van der Waals surface area contributed by atoms with E-state index in [-0.39, 0.29) is 6.10 Å². The predicted octanol–water partition coefficient (Wildman–Crippen LogP) is 1.64. The third kappa shape index (κ3) is 3.19. The fourth-order valence-electron chi connectivity index (χ4n) is 2.49. The van der Waals surface area contributed by atoms with E-state index < -0.39 is 0 Å². The van der Waals surface area contributed by atoms with Crippen LogP contribution in [-0.4, -0.2) is 35.8 Å². The Bertz CT molecular complexity index is 451. The van der Waals surface area contributed by atoms with Gasteiger partial charge in [0.2, 0.25) is 0 Å². The first-order valence-corrected chi connectivity index (χ1v) is 7.40. The van der Waals surface area contributed by atoms with Gasteiger partial charge in [-0.15, -0.1) is 0 Å². The van der Waals surface area contributed by atoms with Crippen LogP contribution in [0.15, 0.2) is 0 Å². The summed E-state index contributed by atoms with van der Waals surface area (Å²) in [6.07, 6.45) is 3.18. The maximum absolute atomic E-state index is 5.73. The lowest BCUT2D eigenvalue weighted by molar-refractivity contribution is 0.0381. The lowest BCUT2D eigenvalue weighted by Gasteiger charge is -2.34. The van der Waals surface area contributed by atoms with Gasteiger partial charge >= 0.3 is 0 Å². The summed E-state index contributed by atoms with van der Waals surface area (Å²) in [4.78, 5) is 11.5. The van der Waals surface area contributed by atoms with E-state index in [9.17, 15) is 0 Å². The van der Waals surface area contributed by atoms with Gasteiger partial charge in [0, 0.05) is 25.1 Å². The van der Waals surface area contributed by atoms with E-state index >= 15 is 0 Å². The Morgan fingerprint density at radius 2 is 2.20 bits per heavy atom. The largest absolute Gasteiger partial charge is 0.375 e. The summed E-state index contributed by atoms with van der Waals surface area (Å²) in [5.74, 6) is 8.14. The van der Waals surface area contributed by atoms with E-state index in [1.807, 2.05) is 6.92 Å². The van der Waals surface area contributed by atoms with Crippen LogP contribution in [0.4, 0.5) is 11.6 Å². The van der Waals surface area contributed by atoms with Crippen LogP contribution < -0.4 is 16.2 Å². The molecule has 1 aliphatic rings. The van der Waals surface area contributed by atoms with Crippen molar-refractivity contribution in [3.8, 4) is 0 Å². The molecule has 0 spiro atoms. The lowest BCUT2D eigenvalue weighted by Crippen LogP contribution is -2.43. The molecule has 6 heteroatoms. The molecule has 0 aliphatic carbocycles. The van der Waals surface area contributed by atoms with Gasteiger partial charge < -0.3 is 15.1 Å². The zero-order valence-electron chi connectivity index (χ0n) is 12.6. The molecule has 1 aromatic heterocycles. The van der Waals surface area contributed by atoms with E-state index in [1.54, 1.807) is 0 Å². The van der Waals surface area contributed by atoms with Crippen LogP contribution in [-0.2, 0) is 11.2 Å². The number of ether oxygens (including phenoxy) is 1. The fraction of sp³-hybridized carbons (Fsp3) is 0.714. The molecule has 0 saturated carbocycles. The Labute approximate surface area is 120 Å². The third-order valence-corrected chi connectivity index (χ3v) is 3.67. The zero-order chi connectivity index (χ0) is 14.5. The fourth-order valence-corrected chi connectivity index (χ4v) is 2.49. The molecule has 2 heterocycles. The van der Waals surface area contributed by atoms with Gasteiger partial charge in [-0.3, -0.25) is 0 Å². The molecular weight excluding hydrogens is 254 g/mol. The Morgan fingerprint density at radius 3 is 2.85 bits per heavy atom. The molecule has 3 N–H and O–H groups in total. The van der Waals surface area contributed by atoms with E-state index in [4.69, 9.17) is 15.6 Å². The molecule has 1 fully saturated rings. The van der Waals surface area contributed by atoms with Gasteiger partial charge in [0.1, 0.15) is 17.5 Å². The number of nitrogens with two attached hydrogens (primary N) is 1. The summed E-state index contributed by atoms with van der Waals surface area (Å²) < 4.78 is 5.73. The number of nitrogens with one attached hydrogen (secondary N) is 1. The molecule has 6 nitrogen and oxygen atoms in total. The van der Waals surface area contributed by atoms with Crippen molar-refractivity contribution in [2.45, 2.75) is 46.1 Å². The topological polar surface area (TPSA) is 76.3 Å². The number of aromatic nitrogens is 2. The molecular formula is C14H25N5O. The molecule has 1 aromatic rings. The van der Waals surface area contributed by atoms with Crippen molar-refractivity contribution in [1.29, 1.82) is 0 Å². The minimum Gasteiger partial charge on any atom is -0.375 e. The standard InChI is InChI=1S/C14H25N5O/c1-4-6-12-16-13(18-15)10(3)14(17-12)19-7-8-20-11(5-2)9-19/h11H,4-9,15H2,1-3H3,(H,16,17,18). The molecule has 1 atom stereocenters. The van der Waals surface area contributed by atoms with Gasteiger partial charge in [-0.1, -0.05) is 13.8 Å². The molecule has 0 amide bonds. The molecule has 0 radical (unpaired) electrons. The van der Waals surface area contributed by atoms with Gasteiger partial charge in [0.25, 0.3) is 0 Å². The zero-order valence-corrected chi connectivity index (χ0v) is 12.6. The highest BCUT2D eigenvalue weighted by atomic mass is 16.5. The van der Waals surface area contributed by atoms with E-state index in [0.717, 1.165) is 62.0 Å².